The summed E-state index contributed by atoms with van der Waals surface area (Å²) in [7, 11) is 3.40. The van der Waals surface area contributed by atoms with E-state index in [0.717, 1.165) is 56.1 Å². The highest BCUT2D eigenvalue weighted by Crippen LogP contribution is 2.41. The summed E-state index contributed by atoms with van der Waals surface area (Å²) in [4.78, 5) is 26.4. The molecule has 3 aromatic rings. The number of hydrogen-bond acceptors (Lipinski definition) is 5. The summed E-state index contributed by atoms with van der Waals surface area (Å²) in [5, 5.41) is 10.6. The average Bonchev–Trinajstić information content (AvgIpc) is 3.07. The van der Waals surface area contributed by atoms with Crippen LogP contribution in [-0.4, -0.2) is 36.9 Å². The normalized spacial score (nSPS) is 10.9. The van der Waals surface area contributed by atoms with Gasteiger partial charge in [-0.1, -0.05) is 18.2 Å². The largest absolute Gasteiger partial charge is 0.496 e. The predicted octanol–water partition coefficient (Wildman–Crippen LogP) is 5.62. The quantitative estimate of drug-likeness (QED) is 0.361. The molecule has 1 heterocycles. The predicted molar refractivity (Wildman–Crippen MR) is 125 cm³/mol. The Bertz CT molecular complexity index is 1090. The van der Waals surface area contributed by atoms with Crippen LogP contribution in [0.25, 0.3) is 10.1 Å². The highest BCUT2D eigenvalue weighted by Gasteiger charge is 2.19. The smallest absolute Gasteiger partial charge is 0.347 e. The Hall–Kier alpha value is -2.51. The van der Waals surface area contributed by atoms with Gasteiger partial charge in [-0.2, -0.15) is 0 Å². The van der Waals surface area contributed by atoms with Crippen molar-refractivity contribution in [1.82, 2.24) is 0 Å². The molecule has 0 unspecified atom stereocenters. The monoisotopic (exact) mass is 443 g/mol. The van der Waals surface area contributed by atoms with Gasteiger partial charge in [0.2, 0.25) is 5.91 Å². The molecule has 0 aliphatic carbocycles. The molecule has 0 radical (unpaired) electrons. The van der Waals surface area contributed by atoms with E-state index in [-0.39, 0.29) is 5.91 Å². The molecule has 0 aliphatic rings. The number of para-hydroxylation sites is 1. The van der Waals surface area contributed by atoms with Crippen molar-refractivity contribution in [3.05, 3.63) is 52.4 Å². The van der Waals surface area contributed by atoms with Crippen LogP contribution in [0, 0.1) is 6.92 Å². The van der Waals surface area contributed by atoms with Crippen molar-refractivity contribution in [2.75, 3.05) is 24.8 Å². The number of methoxy groups -OCH3 is 1. The van der Waals surface area contributed by atoms with Crippen molar-refractivity contribution in [3.63, 3.8) is 0 Å². The third-order valence-corrected chi connectivity index (χ3v) is 7.49. The Morgan fingerprint density at radius 2 is 1.97 bits per heavy atom. The number of amides is 1. The number of aromatic carboxylic acids is 1. The van der Waals surface area contributed by atoms with Crippen molar-refractivity contribution in [2.24, 2.45) is 0 Å². The minimum Gasteiger partial charge on any atom is -0.496 e. The van der Waals surface area contributed by atoms with Crippen LogP contribution in [0.15, 0.2) is 41.3 Å². The highest BCUT2D eigenvalue weighted by atomic mass is 32.2. The van der Waals surface area contributed by atoms with E-state index in [2.05, 4.69) is 0 Å². The number of thioether (sulfide) groups is 1. The summed E-state index contributed by atoms with van der Waals surface area (Å²) < 4.78 is 6.30. The van der Waals surface area contributed by atoms with Crippen LogP contribution < -0.4 is 9.64 Å². The van der Waals surface area contributed by atoms with E-state index in [1.807, 2.05) is 43.3 Å². The molecule has 0 spiro atoms. The molecular weight excluding hydrogens is 418 g/mol. The topological polar surface area (TPSA) is 66.8 Å². The lowest BCUT2D eigenvalue weighted by Gasteiger charge is -2.19. The number of fused-ring (bicyclic) bond motifs is 1. The van der Waals surface area contributed by atoms with Crippen LogP contribution in [0.5, 0.6) is 5.75 Å². The number of carboxylic acid groups (broad SMARTS) is 1. The molecule has 1 N–H and O–H groups in total. The minimum absolute atomic E-state index is 0.00142. The number of thiophene rings is 1. The van der Waals surface area contributed by atoms with Gasteiger partial charge in [-0.15, -0.1) is 23.1 Å². The highest BCUT2D eigenvalue weighted by molar-refractivity contribution is 7.99. The first-order valence-corrected chi connectivity index (χ1v) is 11.4. The zero-order chi connectivity index (χ0) is 21.8. The lowest BCUT2D eigenvalue weighted by Crippen LogP contribution is -2.24. The third kappa shape index (κ3) is 4.63. The van der Waals surface area contributed by atoms with Crippen LogP contribution in [0.3, 0.4) is 0 Å². The molecule has 158 valence electrons. The molecule has 7 heteroatoms. The number of carboxylic acids is 1. The van der Waals surface area contributed by atoms with Crippen molar-refractivity contribution in [2.45, 2.75) is 31.6 Å². The molecule has 0 saturated heterocycles. The van der Waals surface area contributed by atoms with Gasteiger partial charge in [-0.3, -0.25) is 4.79 Å². The van der Waals surface area contributed by atoms with Crippen LogP contribution >= 0.6 is 23.1 Å². The Morgan fingerprint density at radius 3 is 2.63 bits per heavy atom. The van der Waals surface area contributed by atoms with Gasteiger partial charge in [0.15, 0.2) is 0 Å². The van der Waals surface area contributed by atoms with Crippen molar-refractivity contribution in [3.8, 4) is 5.75 Å². The summed E-state index contributed by atoms with van der Waals surface area (Å²) >= 11 is 2.87. The number of hydrogen-bond donors (Lipinski definition) is 1. The van der Waals surface area contributed by atoms with E-state index in [0.29, 0.717) is 4.88 Å². The maximum absolute atomic E-state index is 11.8. The van der Waals surface area contributed by atoms with Crippen molar-refractivity contribution >= 4 is 50.7 Å². The van der Waals surface area contributed by atoms with E-state index in [9.17, 15) is 14.7 Å². The first kappa shape index (κ1) is 22.2. The molecule has 0 bridgehead atoms. The first-order chi connectivity index (χ1) is 14.3. The zero-order valence-electron chi connectivity index (χ0n) is 17.5. The van der Waals surface area contributed by atoms with Crippen LogP contribution in [0.1, 0.15) is 34.1 Å². The number of carbonyl (C=O) groups is 2. The molecule has 0 saturated carbocycles. The summed E-state index contributed by atoms with van der Waals surface area (Å²) in [5.74, 6) is 0.653. The van der Waals surface area contributed by atoms with E-state index < -0.39 is 5.97 Å². The molecule has 0 fully saturated rings. The number of benzene rings is 2. The van der Waals surface area contributed by atoms with Gasteiger partial charge in [0.1, 0.15) is 10.6 Å². The standard InChI is InChI=1S/C23H25NO4S2/c1-14-12-17-20(13-19(14)28-4)30-22(23(26)27)21(17)29-11-7-9-16-8-5-6-10-18(16)24(3)15(2)25/h5-6,8,10,12-13H,7,9,11H2,1-4H3,(H,26,27). The molecule has 5 nitrogen and oxygen atoms in total. The minimum atomic E-state index is -0.899. The summed E-state index contributed by atoms with van der Waals surface area (Å²) in [6.45, 7) is 3.52. The molecule has 2 aromatic carbocycles. The maximum atomic E-state index is 11.8. The van der Waals surface area contributed by atoms with E-state index in [1.165, 1.54) is 11.3 Å². The molecule has 0 atom stereocenters. The van der Waals surface area contributed by atoms with Gasteiger partial charge >= 0.3 is 5.97 Å². The fraction of sp³-hybridized carbons (Fsp3) is 0.304. The molecule has 1 amide bonds. The van der Waals surface area contributed by atoms with Crippen molar-refractivity contribution in [1.29, 1.82) is 0 Å². The summed E-state index contributed by atoms with van der Waals surface area (Å²) in [5.41, 5.74) is 3.03. The first-order valence-electron chi connectivity index (χ1n) is 9.63. The molecule has 1 aromatic heterocycles. The number of anilines is 1. The second-order valence-corrected chi connectivity index (χ2v) is 9.20. The number of rotatable bonds is 8. The summed E-state index contributed by atoms with van der Waals surface area (Å²) in [6.07, 6.45) is 1.69. The van der Waals surface area contributed by atoms with Gasteiger partial charge in [0, 0.05) is 34.6 Å². The third-order valence-electron chi connectivity index (χ3n) is 5.02. The molecular formula is C23H25NO4S2. The van der Waals surface area contributed by atoms with Gasteiger partial charge in [0.05, 0.1) is 7.11 Å². The number of ether oxygens (including phenoxy) is 1. The van der Waals surface area contributed by atoms with Gasteiger partial charge in [0.25, 0.3) is 0 Å². The van der Waals surface area contributed by atoms with Gasteiger partial charge in [-0.05, 0) is 54.8 Å². The van der Waals surface area contributed by atoms with Crippen LogP contribution in [0.2, 0.25) is 0 Å². The van der Waals surface area contributed by atoms with E-state index in [4.69, 9.17) is 4.74 Å². The lowest BCUT2D eigenvalue weighted by atomic mass is 10.1. The number of nitrogens with zero attached hydrogens (tertiary/aromatic N) is 1. The van der Waals surface area contributed by atoms with Gasteiger partial charge in [-0.25, -0.2) is 4.79 Å². The van der Waals surface area contributed by atoms with Crippen molar-refractivity contribution < 1.29 is 19.4 Å². The Balaban J connectivity index is 1.77. The Labute approximate surface area is 184 Å². The SMILES string of the molecule is COc1cc2sc(C(=O)O)c(SCCCc3ccccc3N(C)C(C)=O)c2cc1C. The van der Waals surface area contributed by atoms with Crippen LogP contribution in [0.4, 0.5) is 5.69 Å². The molecule has 0 aliphatic heterocycles. The summed E-state index contributed by atoms with van der Waals surface area (Å²) in [6, 6.07) is 11.8. The lowest BCUT2D eigenvalue weighted by molar-refractivity contribution is -0.116. The fourth-order valence-electron chi connectivity index (χ4n) is 3.37. The zero-order valence-corrected chi connectivity index (χ0v) is 19.2. The second kappa shape index (κ2) is 9.53. The fourth-order valence-corrected chi connectivity index (χ4v) is 5.72. The second-order valence-electron chi connectivity index (χ2n) is 7.04. The Kier molecular flexibility index (Phi) is 7.05. The maximum Gasteiger partial charge on any atom is 0.347 e. The van der Waals surface area contributed by atoms with E-state index >= 15 is 0 Å². The molecule has 30 heavy (non-hydrogen) atoms. The average molecular weight is 444 g/mol. The molecule has 3 rings (SSSR count). The Morgan fingerprint density at radius 1 is 1.23 bits per heavy atom. The van der Waals surface area contributed by atoms with E-state index in [1.54, 1.807) is 37.7 Å². The van der Waals surface area contributed by atoms with Crippen LogP contribution in [-0.2, 0) is 11.2 Å². The number of aryl methyl sites for hydroxylation is 2. The van der Waals surface area contributed by atoms with Gasteiger partial charge < -0.3 is 14.7 Å². The number of carbonyl (C=O) groups excluding carboxylic acids is 1.